The van der Waals surface area contributed by atoms with E-state index in [1.54, 1.807) is 0 Å². The summed E-state index contributed by atoms with van der Waals surface area (Å²) in [6.45, 7) is 3.90. The Morgan fingerprint density at radius 3 is 2.26 bits per heavy atom. The smallest absolute Gasteiger partial charge is 0.171 e. The lowest BCUT2D eigenvalue weighted by Crippen LogP contribution is -3.04. The van der Waals surface area contributed by atoms with Crippen LogP contribution < -0.4 is 15.5 Å². The molecule has 2 aromatic rings. The molecule has 0 aromatic heterocycles. The first kappa shape index (κ1) is 17.4. The summed E-state index contributed by atoms with van der Waals surface area (Å²) in [4.78, 5) is 1.41. The third-order valence-electron chi connectivity index (χ3n) is 3.72. The van der Waals surface area contributed by atoms with Gasteiger partial charge in [-0.2, -0.15) is 0 Å². The molecule has 0 spiro atoms. The topological polar surface area (TPSA) is 28.5 Å². The van der Waals surface area contributed by atoms with E-state index in [-0.39, 0.29) is 0 Å². The van der Waals surface area contributed by atoms with Crippen LogP contribution in [0, 0.1) is 0 Å². The fourth-order valence-electron chi connectivity index (χ4n) is 2.46. The van der Waals surface area contributed by atoms with Crippen molar-refractivity contribution in [2.45, 2.75) is 26.4 Å². The van der Waals surface area contributed by atoms with Crippen LogP contribution in [0.3, 0.4) is 0 Å². The van der Waals surface area contributed by atoms with Crippen LogP contribution in [0.1, 0.15) is 23.6 Å². The molecule has 0 saturated carbocycles. The van der Waals surface area contributed by atoms with Crippen molar-refractivity contribution in [3.63, 3.8) is 0 Å². The molecule has 0 radical (unpaired) electrons. The standard InChI is InChI=1S/C19H25N3S/c1-4-15-9-11-18(12-10-15)21-19(23)20-13-16-7-5-6-8-17(16)14-22(2)3/h5-12H,4,13-14H2,1-3H3,(H2,20,21,23)/p+1. The number of hydrogen-bond acceptors (Lipinski definition) is 1. The summed E-state index contributed by atoms with van der Waals surface area (Å²) in [5.74, 6) is 0. The minimum Gasteiger partial charge on any atom is -0.358 e. The van der Waals surface area contributed by atoms with E-state index in [2.05, 4.69) is 80.2 Å². The summed E-state index contributed by atoms with van der Waals surface area (Å²) >= 11 is 5.40. The van der Waals surface area contributed by atoms with Gasteiger partial charge >= 0.3 is 0 Å². The Bertz CT molecular complexity index is 635. The molecule has 0 atom stereocenters. The zero-order valence-corrected chi connectivity index (χ0v) is 15.0. The Balaban J connectivity index is 1.91. The quantitative estimate of drug-likeness (QED) is 0.711. The number of thiocarbonyl (C=S) groups is 1. The van der Waals surface area contributed by atoms with Crippen LogP contribution in [0.4, 0.5) is 5.69 Å². The van der Waals surface area contributed by atoms with E-state index in [1.165, 1.54) is 21.6 Å². The van der Waals surface area contributed by atoms with Crippen molar-refractivity contribution in [2.75, 3.05) is 19.4 Å². The van der Waals surface area contributed by atoms with E-state index in [9.17, 15) is 0 Å². The maximum absolute atomic E-state index is 5.40. The normalized spacial score (nSPS) is 10.6. The molecule has 122 valence electrons. The first-order valence-corrected chi connectivity index (χ1v) is 8.49. The lowest BCUT2D eigenvalue weighted by molar-refractivity contribution is -0.872. The summed E-state index contributed by atoms with van der Waals surface area (Å²) in [5.41, 5.74) is 4.99. The van der Waals surface area contributed by atoms with Crippen molar-refractivity contribution in [1.82, 2.24) is 5.32 Å². The lowest BCUT2D eigenvalue weighted by Gasteiger charge is -2.14. The number of anilines is 1. The van der Waals surface area contributed by atoms with E-state index in [0.717, 1.165) is 25.2 Å². The highest BCUT2D eigenvalue weighted by Gasteiger charge is 2.06. The van der Waals surface area contributed by atoms with Crippen LogP contribution in [0.15, 0.2) is 48.5 Å². The monoisotopic (exact) mass is 328 g/mol. The van der Waals surface area contributed by atoms with Gasteiger partial charge in [0.15, 0.2) is 5.11 Å². The highest BCUT2D eigenvalue weighted by Crippen LogP contribution is 2.10. The van der Waals surface area contributed by atoms with Crippen molar-refractivity contribution in [2.24, 2.45) is 0 Å². The molecule has 3 N–H and O–H groups in total. The van der Waals surface area contributed by atoms with E-state index < -0.39 is 0 Å². The zero-order chi connectivity index (χ0) is 16.7. The van der Waals surface area contributed by atoms with Gasteiger partial charge in [0.25, 0.3) is 0 Å². The van der Waals surface area contributed by atoms with Crippen LogP contribution in [-0.2, 0) is 19.5 Å². The van der Waals surface area contributed by atoms with Crippen LogP contribution in [0.2, 0.25) is 0 Å². The van der Waals surface area contributed by atoms with Crippen molar-refractivity contribution >= 4 is 23.0 Å². The molecule has 4 heteroatoms. The maximum atomic E-state index is 5.40. The third kappa shape index (κ3) is 5.66. The van der Waals surface area contributed by atoms with Gasteiger partial charge in [-0.25, -0.2) is 0 Å². The Morgan fingerprint density at radius 1 is 1.00 bits per heavy atom. The van der Waals surface area contributed by atoms with Gasteiger partial charge in [0, 0.05) is 17.8 Å². The fourth-order valence-corrected chi connectivity index (χ4v) is 2.65. The highest BCUT2D eigenvalue weighted by molar-refractivity contribution is 7.80. The number of hydrogen-bond donors (Lipinski definition) is 3. The van der Waals surface area contributed by atoms with E-state index >= 15 is 0 Å². The number of quaternary nitrogens is 1. The minimum absolute atomic E-state index is 0.654. The van der Waals surface area contributed by atoms with E-state index in [0.29, 0.717) is 5.11 Å². The van der Waals surface area contributed by atoms with Crippen LogP contribution in [0.25, 0.3) is 0 Å². The summed E-state index contributed by atoms with van der Waals surface area (Å²) in [5, 5.41) is 7.19. The van der Waals surface area contributed by atoms with Gasteiger partial charge in [-0.3, -0.25) is 0 Å². The zero-order valence-electron chi connectivity index (χ0n) is 14.1. The van der Waals surface area contributed by atoms with Crippen molar-refractivity contribution in [1.29, 1.82) is 0 Å². The van der Waals surface area contributed by atoms with Gasteiger partial charge in [0.1, 0.15) is 6.54 Å². The average molecular weight is 329 g/mol. The second-order valence-corrected chi connectivity index (χ2v) is 6.42. The molecule has 0 fully saturated rings. The summed E-state index contributed by atoms with van der Waals surface area (Å²) in [6, 6.07) is 16.9. The predicted molar refractivity (Wildman–Crippen MR) is 102 cm³/mol. The molecular formula is C19H26N3S+. The molecular weight excluding hydrogens is 302 g/mol. The Hall–Kier alpha value is -1.91. The molecule has 0 aliphatic rings. The molecule has 2 aromatic carbocycles. The molecule has 0 aliphatic heterocycles. The number of rotatable bonds is 6. The first-order chi connectivity index (χ1) is 11.1. The Kier molecular flexibility index (Phi) is 6.56. The number of benzene rings is 2. The Morgan fingerprint density at radius 2 is 1.65 bits per heavy atom. The molecule has 0 bridgehead atoms. The van der Waals surface area contributed by atoms with Gasteiger partial charge < -0.3 is 15.5 Å². The minimum atomic E-state index is 0.654. The molecule has 0 saturated heterocycles. The van der Waals surface area contributed by atoms with Gasteiger partial charge in [0.05, 0.1) is 14.1 Å². The van der Waals surface area contributed by atoms with Gasteiger partial charge in [-0.15, -0.1) is 0 Å². The third-order valence-corrected chi connectivity index (χ3v) is 3.97. The fraction of sp³-hybridized carbons (Fsp3) is 0.316. The molecule has 0 aliphatic carbocycles. The Labute approximate surface area is 144 Å². The van der Waals surface area contributed by atoms with Crippen LogP contribution in [0.5, 0.6) is 0 Å². The number of aryl methyl sites for hydroxylation is 1. The summed E-state index contributed by atoms with van der Waals surface area (Å²) < 4.78 is 0. The lowest BCUT2D eigenvalue weighted by atomic mass is 10.1. The largest absolute Gasteiger partial charge is 0.358 e. The summed E-state index contributed by atoms with van der Waals surface area (Å²) in [7, 11) is 4.33. The van der Waals surface area contributed by atoms with Gasteiger partial charge in [-0.05, 0) is 41.9 Å². The average Bonchev–Trinajstić information content (AvgIpc) is 2.54. The molecule has 23 heavy (non-hydrogen) atoms. The van der Waals surface area contributed by atoms with Crippen molar-refractivity contribution < 1.29 is 4.90 Å². The molecule has 3 nitrogen and oxygen atoms in total. The highest BCUT2D eigenvalue weighted by atomic mass is 32.1. The second kappa shape index (κ2) is 8.65. The molecule has 0 unspecified atom stereocenters. The van der Waals surface area contributed by atoms with Gasteiger partial charge in [0.2, 0.25) is 0 Å². The maximum Gasteiger partial charge on any atom is 0.171 e. The predicted octanol–water partition coefficient (Wildman–Crippen LogP) is 2.38. The molecule has 2 rings (SSSR count). The first-order valence-electron chi connectivity index (χ1n) is 8.08. The number of nitrogens with one attached hydrogen (secondary N) is 3. The van der Waals surface area contributed by atoms with Gasteiger partial charge in [-0.1, -0.05) is 43.3 Å². The second-order valence-electron chi connectivity index (χ2n) is 6.01. The van der Waals surface area contributed by atoms with E-state index in [4.69, 9.17) is 12.2 Å². The SMILES string of the molecule is CCc1ccc(NC(=S)NCc2ccccc2C[NH+](C)C)cc1. The van der Waals surface area contributed by atoms with Crippen molar-refractivity contribution in [3.05, 3.63) is 65.2 Å². The van der Waals surface area contributed by atoms with Crippen molar-refractivity contribution in [3.8, 4) is 0 Å². The van der Waals surface area contributed by atoms with E-state index in [1.807, 2.05) is 0 Å². The van der Waals surface area contributed by atoms with Crippen LogP contribution in [-0.4, -0.2) is 19.2 Å². The molecule has 0 amide bonds. The van der Waals surface area contributed by atoms with Crippen LogP contribution >= 0.6 is 12.2 Å². The summed E-state index contributed by atoms with van der Waals surface area (Å²) in [6.07, 6.45) is 1.05. The molecule has 0 heterocycles.